The van der Waals surface area contributed by atoms with Crippen LogP contribution in [0.4, 0.5) is 0 Å². The van der Waals surface area contributed by atoms with E-state index in [2.05, 4.69) is 4.98 Å². The number of hydrogen-bond acceptors (Lipinski definition) is 3. The van der Waals surface area contributed by atoms with E-state index in [1.54, 1.807) is 0 Å². The van der Waals surface area contributed by atoms with Crippen LogP contribution in [0.5, 0.6) is 0 Å². The molecule has 74 valence electrons. The molecule has 0 saturated heterocycles. The number of hydrogen-bond donors (Lipinski definition) is 2. The Balaban J connectivity index is 2.62. The molecule has 6 heteroatoms. The van der Waals surface area contributed by atoms with Crippen LogP contribution in [-0.4, -0.2) is 31.7 Å². The largest absolute Gasteiger partial charge is 0.476 e. The lowest BCUT2D eigenvalue weighted by Gasteiger charge is -1.99. The quantitative estimate of drug-likeness (QED) is 0.706. The lowest BCUT2D eigenvalue weighted by atomic mass is 10.3. The summed E-state index contributed by atoms with van der Waals surface area (Å²) in [7, 11) is 0. The average molecular weight is 196 g/mol. The number of rotatable bonds is 2. The lowest BCUT2D eigenvalue weighted by Crippen LogP contribution is -2.12. The van der Waals surface area contributed by atoms with E-state index in [9.17, 15) is 9.59 Å². The van der Waals surface area contributed by atoms with Crippen molar-refractivity contribution >= 4 is 11.9 Å². The SMILES string of the molecule is O=C(O)c1nc2n(c1C(=O)O)CCC2. The summed E-state index contributed by atoms with van der Waals surface area (Å²) in [6.45, 7) is 0.539. The third kappa shape index (κ3) is 1.07. The van der Waals surface area contributed by atoms with Crippen molar-refractivity contribution in [3.05, 3.63) is 17.2 Å². The van der Waals surface area contributed by atoms with Gasteiger partial charge in [-0.25, -0.2) is 14.6 Å². The van der Waals surface area contributed by atoms with E-state index in [4.69, 9.17) is 10.2 Å². The Bertz CT molecular complexity index is 421. The molecule has 0 atom stereocenters. The Morgan fingerprint density at radius 2 is 2.00 bits per heavy atom. The number of aromatic carboxylic acids is 2. The fraction of sp³-hybridized carbons (Fsp3) is 0.375. The van der Waals surface area contributed by atoms with Gasteiger partial charge in [0.2, 0.25) is 0 Å². The van der Waals surface area contributed by atoms with Crippen molar-refractivity contribution in [1.29, 1.82) is 0 Å². The van der Waals surface area contributed by atoms with Crippen LogP contribution in [0.2, 0.25) is 0 Å². The van der Waals surface area contributed by atoms with Crippen molar-refractivity contribution in [2.24, 2.45) is 0 Å². The van der Waals surface area contributed by atoms with E-state index in [0.29, 0.717) is 18.8 Å². The zero-order valence-corrected chi connectivity index (χ0v) is 7.23. The van der Waals surface area contributed by atoms with E-state index in [0.717, 1.165) is 6.42 Å². The van der Waals surface area contributed by atoms with Gasteiger partial charge in [-0.1, -0.05) is 0 Å². The second kappa shape index (κ2) is 2.83. The summed E-state index contributed by atoms with van der Waals surface area (Å²) in [4.78, 5) is 25.3. The molecular weight excluding hydrogens is 188 g/mol. The van der Waals surface area contributed by atoms with Gasteiger partial charge in [0.05, 0.1) is 0 Å². The van der Waals surface area contributed by atoms with Gasteiger partial charge in [-0.3, -0.25) is 0 Å². The Morgan fingerprint density at radius 1 is 1.29 bits per heavy atom. The fourth-order valence-corrected chi connectivity index (χ4v) is 1.69. The van der Waals surface area contributed by atoms with Gasteiger partial charge in [-0.15, -0.1) is 0 Å². The first-order valence-corrected chi connectivity index (χ1v) is 4.17. The molecule has 0 aromatic carbocycles. The summed E-state index contributed by atoms with van der Waals surface area (Å²) in [6, 6.07) is 0. The minimum atomic E-state index is -1.29. The summed E-state index contributed by atoms with van der Waals surface area (Å²) >= 11 is 0. The van der Waals surface area contributed by atoms with Gasteiger partial charge in [-0.2, -0.15) is 0 Å². The molecule has 0 unspecified atom stereocenters. The summed E-state index contributed by atoms with van der Waals surface area (Å²) < 4.78 is 1.46. The smallest absolute Gasteiger partial charge is 0.357 e. The highest BCUT2D eigenvalue weighted by molar-refractivity contribution is 5.99. The van der Waals surface area contributed by atoms with Crippen molar-refractivity contribution in [3.8, 4) is 0 Å². The average Bonchev–Trinajstić information content (AvgIpc) is 2.58. The first-order valence-electron chi connectivity index (χ1n) is 4.17. The topological polar surface area (TPSA) is 92.4 Å². The number of aryl methyl sites for hydroxylation is 1. The minimum absolute atomic E-state index is 0.204. The monoisotopic (exact) mass is 196 g/mol. The highest BCUT2D eigenvalue weighted by Gasteiger charge is 2.28. The normalized spacial score (nSPS) is 14.0. The van der Waals surface area contributed by atoms with Gasteiger partial charge < -0.3 is 14.8 Å². The number of aromatic nitrogens is 2. The highest BCUT2D eigenvalue weighted by atomic mass is 16.4. The first-order chi connectivity index (χ1) is 6.61. The van der Waals surface area contributed by atoms with E-state index >= 15 is 0 Å². The number of fused-ring (bicyclic) bond motifs is 1. The number of carbonyl (C=O) groups is 2. The van der Waals surface area contributed by atoms with Crippen molar-refractivity contribution in [3.63, 3.8) is 0 Å². The van der Waals surface area contributed by atoms with E-state index in [-0.39, 0.29) is 11.4 Å². The van der Waals surface area contributed by atoms with Gasteiger partial charge in [0.15, 0.2) is 11.4 Å². The van der Waals surface area contributed by atoms with Crippen molar-refractivity contribution in [2.45, 2.75) is 19.4 Å². The van der Waals surface area contributed by atoms with Crippen LogP contribution < -0.4 is 0 Å². The van der Waals surface area contributed by atoms with Gasteiger partial charge in [-0.05, 0) is 6.42 Å². The van der Waals surface area contributed by atoms with E-state index < -0.39 is 11.9 Å². The zero-order valence-electron chi connectivity index (χ0n) is 7.23. The maximum absolute atomic E-state index is 10.8. The molecule has 1 aromatic rings. The molecule has 0 radical (unpaired) electrons. The van der Waals surface area contributed by atoms with Crippen LogP contribution >= 0.6 is 0 Å². The molecule has 1 aliphatic heterocycles. The molecule has 0 saturated carbocycles. The molecule has 0 amide bonds. The molecule has 0 aliphatic carbocycles. The molecule has 0 bridgehead atoms. The van der Waals surface area contributed by atoms with Crippen LogP contribution in [0.3, 0.4) is 0 Å². The molecule has 0 fully saturated rings. The minimum Gasteiger partial charge on any atom is -0.476 e. The lowest BCUT2D eigenvalue weighted by molar-refractivity contribution is 0.0640. The molecule has 1 aliphatic rings. The predicted octanol–water partition coefficient (Wildman–Crippen LogP) is 0.226. The van der Waals surface area contributed by atoms with Crippen LogP contribution in [0.15, 0.2) is 0 Å². The van der Waals surface area contributed by atoms with Crippen LogP contribution in [0.25, 0.3) is 0 Å². The number of carboxylic acids is 2. The summed E-state index contributed by atoms with van der Waals surface area (Å²) in [6.07, 6.45) is 1.47. The Labute approximate surface area is 78.8 Å². The molecule has 0 spiro atoms. The molecule has 2 N–H and O–H groups in total. The van der Waals surface area contributed by atoms with Gasteiger partial charge in [0, 0.05) is 13.0 Å². The number of imidazole rings is 1. The number of nitrogens with zero attached hydrogens (tertiary/aromatic N) is 2. The van der Waals surface area contributed by atoms with Crippen molar-refractivity contribution in [2.75, 3.05) is 0 Å². The maximum atomic E-state index is 10.8. The van der Waals surface area contributed by atoms with Gasteiger partial charge in [0.25, 0.3) is 0 Å². The molecule has 6 nitrogen and oxygen atoms in total. The van der Waals surface area contributed by atoms with Crippen LogP contribution in [0.1, 0.15) is 33.2 Å². The third-order valence-electron chi connectivity index (χ3n) is 2.23. The summed E-state index contributed by atoms with van der Waals surface area (Å²) in [5.41, 5.74) is -0.558. The third-order valence-corrected chi connectivity index (χ3v) is 2.23. The predicted molar refractivity (Wildman–Crippen MR) is 44.5 cm³/mol. The Kier molecular flexibility index (Phi) is 1.77. The number of carboxylic acid groups (broad SMARTS) is 2. The Hall–Kier alpha value is -1.85. The van der Waals surface area contributed by atoms with Gasteiger partial charge >= 0.3 is 11.9 Å². The molecular formula is C8H8N2O4. The van der Waals surface area contributed by atoms with Crippen molar-refractivity contribution in [1.82, 2.24) is 9.55 Å². The molecule has 2 heterocycles. The molecule has 1 aromatic heterocycles. The first kappa shape index (κ1) is 8.74. The molecule has 2 rings (SSSR count). The standard InChI is InChI=1S/C8H8N2O4/c11-7(12)5-6(8(13)14)10-3-1-2-4(10)9-5/h1-3H2,(H,11,12)(H,13,14). The van der Waals surface area contributed by atoms with Crippen molar-refractivity contribution < 1.29 is 19.8 Å². The second-order valence-corrected chi connectivity index (χ2v) is 3.09. The summed E-state index contributed by atoms with van der Waals surface area (Å²) in [5.74, 6) is -1.97. The fourth-order valence-electron chi connectivity index (χ4n) is 1.69. The van der Waals surface area contributed by atoms with E-state index in [1.807, 2.05) is 0 Å². The summed E-state index contributed by atoms with van der Waals surface area (Å²) in [5, 5.41) is 17.6. The van der Waals surface area contributed by atoms with E-state index in [1.165, 1.54) is 4.57 Å². The zero-order chi connectivity index (χ0) is 10.3. The second-order valence-electron chi connectivity index (χ2n) is 3.09. The maximum Gasteiger partial charge on any atom is 0.357 e. The molecule has 14 heavy (non-hydrogen) atoms. The van der Waals surface area contributed by atoms with Crippen LogP contribution in [-0.2, 0) is 13.0 Å². The Morgan fingerprint density at radius 3 is 2.57 bits per heavy atom. The van der Waals surface area contributed by atoms with Crippen LogP contribution in [0, 0.1) is 0 Å². The highest BCUT2D eigenvalue weighted by Crippen LogP contribution is 2.20. The van der Waals surface area contributed by atoms with Gasteiger partial charge in [0.1, 0.15) is 5.82 Å².